The van der Waals surface area contributed by atoms with E-state index in [-0.39, 0.29) is 0 Å². The van der Waals surface area contributed by atoms with Crippen molar-refractivity contribution in [2.75, 3.05) is 13.7 Å². The smallest absolute Gasteiger partial charge is 0.133 e. The maximum atomic E-state index is 9.54. The first-order chi connectivity index (χ1) is 7.42. The monoisotopic (exact) mass is 288 g/mol. The molecule has 1 aromatic rings. The van der Waals surface area contributed by atoms with Gasteiger partial charge in [0.25, 0.3) is 0 Å². The standard InChI is InChI=1S/C12H17BrO3/c1-12(2,14)6-7-16-11-5-4-9(15-3)8-10(11)13/h4-5,8,14H,6-7H2,1-3H3. The van der Waals surface area contributed by atoms with E-state index >= 15 is 0 Å². The van der Waals surface area contributed by atoms with Crippen LogP contribution in [-0.4, -0.2) is 24.4 Å². The van der Waals surface area contributed by atoms with Gasteiger partial charge in [-0.25, -0.2) is 0 Å². The summed E-state index contributed by atoms with van der Waals surface area (Å²) in [6.45, 7) is 4.01. The number of hydrogen-bond donors (Lipinski definition) is 1. The van der Waals surface area contributed by atoms with Gasteiger partial charge < -0.3 is 14.6 Å². The molecular formula is C12H17BrO3. The van der Waals surface area contributed by atoms with Gasteiger partial charge in [0.15, 0.2) is 0 Å². The van der Waals surface area contributed by atoms with Crippen LogP contribution in [0.15, 0.2) is 22.7 Å². The number of benzene rings is 1. The van der Waals surface area contributed by atoms with Gasteiger partial charge in [-0.15, -0.1) is 0 Å². The number of aliphatic hydroxyl groups is 1. The molecule has 0 aliphatic rings. The Bertz CT molecular complexity index is 345. The third kappa shape index (κ3) is 4.41. The lowest BCUT2D eigenvalue weighted by Crippen LogP contribution is -2.21. The van der Waals surface area contributed by atoms with Crippen molar-refractivity contribution in [3.63, 3.8) is 0 Å². The lowest BCUT2D eigenvalue weighted by molar-refractivity contribution is 0.0552. The third-order valence-electron chi connectivity index (χ3n) is 2.11. The van der Waals surface area contributed by atoms with Crippen LogP contribution >= 0.6 is 15.9 Å². The molecule has 90 valence electrons. The third-order valence-corrected chi connectivity index (χ3v) is 2.73. The van der Waals surface area contributed by atoms with Gasteiger partial charge in [-0.3, -0.25) is 0 Å². The molecule has 0 heterocycles. The Labute approximate surface area is 105 Å². The molecular weight excluding hydrogens is 272 g/mol. The average molecular weight is 289 g/mol. The molecule has 0 unspecified atom stereocenters. The van der Waals surface area contributed by atoms with Crippen LogP contribution in [0.3, 0.4) is 0 Å². The Balaban J connectivity index is 2.55. The van der Waals surface area contributed by atoms with Gasteiger partial charge in [0.05, 0.1) is 23.8 Å². The Morgan fingerprint density at radius 2 is 2.06 bits per heavy atom. The number of rotatable bonds is 5. The Kier molecular flexibility index (Phi) is 4.62. The molecule has 1 aromatic carbocycles. The van der Waals surface area contributed by atoms with Crippen LogP contribution in [0.4, 0.5) is 0 Å². The van der Waals surface area contributed by atoms with E-state index < -0.39 is 5.60 Å². The average Bonchev–Trinajstić information content (AvgIpc) is 2.18. The second-order valence-electron chi connectivity index (χ2n) is 4.21. The van der Waals surface area contributed by atoms with Crippen LogP contribution in [0.25, 0.3) is 0 Å². The van der Waals surface area contributed by atoms with Crippen LogP contribution < -0.4 is 9.47 Å². The predicted molar refractivity (Wildman–Crippen MR) is 67.1 cm³/mol. The maximum absolute atomic E-state index is 9.54. The highest BCUT2D eigenvalue weighted by atomic mass is 79.9. The van der Waals surface area contributed by atoms with E-state index in [1.165, 1.54) is 0 Å². The summed E-state index contributed by atoms with van der Waals surface area (Å²) in [5.74, 6) is 1.53. The zero-order valence-electron chi connectivity index (χ0n) is 9.79. The zero-order chi connectivity index (χ0) is 12.2. The largest absolute Gasteiger partial charge is 0.497 e. The molecule has 0 atom stereocenters. The lowest BCUT2D eigenvalue weighted by Gasteiger charge is -2.17. The van der Waals surface area contributed by atoms with E-state index in [4.69, 9.17) is 9.47 Å². The van der Waals surface area contributed by atoms with E-state index in [2.05, 4.69) is 15.9 Å². The van der Waals surface area contributed by atoms with Crippen molar-refractivity contribution in [2.45, 2.75) is 25.9 Å². The molecule has 4 heteroatoms. The van der Waals surface area contributed by atoms with Gasteiger partial charge in [0.1, 0.15) is 11.5 Å². The number of methoxy groups -OCH3 is 1. The molecule has 0 fully saturated rings. The van der Waals surface area contributed by atoms with E-state index in [0.29, 0.717) is 13.0 Å². The summed E-state index contributed by atoms with van der Waals surface area (Å²) in [6.07, 6.45) is 0.589. The molecule has 0 spiro atoms. The summed E-state index contributed by atoms with van der Waals surface area (Å²) in [5.41, 5.74) is -0.695. The summed E-state index contributed by atoms with van der Waals surface area (Å²) >= 11 is 3.40. The highest BCUT2D eigenvalue weighted by Gasteiger charge is 2.12. The van der Waals surface area contributed by atoms with Gasteiger partial charge in [-0.2, -0.15) is 0 Å². The van der Waals surface area contributed by atoms with Crippen molar-refractivity contribution in [2.24, 2.45) is 0 Å². The van der Waals surface area contributed by atoms with Crippen LogP contribution in [-0.2, 0) is 0 Å². The summed E-state index contributed by atoms with van der Waals surface area (Å²) in [5, 5.41) is 9.54. The molecule has 16 heavy (non-hydrogen) atoms. The molecule has 1 rings (SSSR count). The molecule has 3 nitrogen and oxygen atoms in total. The minimum Gasteiger partial charge on any atom is -0.497 e. The van der Waals surface area contributed by atoms with Crippen LogP contribution in [0, 0.1) is 0 Å². The summed E-state index contributed by atoms with van der Waals surface area (Å²) in [6, 6.07) is 5.52. The van der Waals surface area contributed by atoms with Crippen LogP contribution in [0.1, 0.15) is 20.3 Å². The molecule has 0 aliphatic heterocycles. The first-order valence-corrected chi connectivity index (χ1v) is 5.90. The molecule has 0 saturated heterocycles. The SMILES string of the molecule is COc1ccc(OCCC(C)(C)O)c(Br)c1. The first-order valence-electron chi connectivity index (χ1n) is 5.11. The fourth-order valence-electron chi connectivity index (χ4n) is 1.14. The molecule has 0 aromatic heterocycles. The van der Waals surface area contributed by atoms with E-state index in [1.54, 1.807) is 21.0 Å². The normalized spacial score (nSPS) is 11.3. The maximum Gasteiger partial charge on any atom is 0.133 e. The fraction of sp³-hybridized carbons (Fsp3) is 0.500. The number of hydrogen-bond acceptors (Lipinski definition) is 3. The lowest BCUT2D eigenvalue weighted by atomic mass is 10.1. The van der Waals surface area contributed by atoms with Crippen molar-refractivity contribution in [3.05, 3.63) is 22.7 Å². The Morgan fingerprint density at radius 3 is 2.56 bits per heavy atom. The molecule has 0 aliphatic carbocycles. The van der Waals surface area contributed by atoms with Crippen molar-refractivity contribution >= 4 is 15.9 Å². The predicted octanol–water partition coefficient (Wildman–Crippen LogP) is 3.00. The summed E-state index contributed by atoms with van der Waals surface area (Å²) in [7, 11) is 1.62. The molecule has 0 bridgehead atoms. The van der Waals surface area contributed by atoms with E-state index in [0.717, 1.165) is 16.0 Å². The van der Waals surface area contributed by atoms with Crippen molar-refractivity contribution in [1.29, 1.82) is 0 Å². The summed E-state index contributed by atoms with van der Waals surface area (Å²) < 4.78 is 11.5. The first kappa shape index (κ1) is 13.3. The van der Waals surface area contributed by atoms with Crippen molar-refractivity contribution in [3.8, 4) is 11.5 Å². The Morgan fingerprint density at radius 1 is 1.38 bits per heavy atom. The van der Waals surface area contributed by atoms with E-state index in [9.17, 15) is 5.11 Å². The van der Waals surface area contributed by atoms with Gasteiger partial charge in [-0.05, 0) is 48.0 Å². The quantitative estimate of drug-likeness (QED) is 0.905. The van der Waals surface area contributed by atoms with Crippen LogP contribution in [0.5, 0.6) is 11.5 Å². The highest BCUT2D eigenvalue weighted by molar-refractivity contribution is 9.10. The second kappa shape index (κ2) is 5.55. The van der Waals surface area contributed by atoms with Gasteiger partial charge in [0.2, 0.25) is 0 Å². The van der Waals surface area contributed by atoms with Crippen LogP contribution in [0.2, 0.25) is 0 Å². The number of ether oxygens (including phenoxy) is 2. The topological polar surface area (TPSA) is 38.7 Å². The zero-order valence-corrected chi connectivity index (χ0v) is 11.4. The Hall–Kier alpha value is -0.740. The van der Waals surface area contributed by atoms with E-state index in [1.807, 2.05) is 18.2 Å². The van der Waals surface area contributed by atoms with Crippen molar-refractivity contribution in [1.82, 2.24) is 0 Å². The van der Waals surface area contributed by atoms with Gasteiger partial charge in [0, 0.05) is 6.42 Å². The minimum absolute atomic E-state index is 0.481. The van der Waals surface area contributed by atoms with Gasteiger partial charge >= 0.3 is 0 Å². The minimum atomic E-state index is -0.695. The molecule has 0 amide bonds. The second-order valence-corrected chi connectivity index (χ2v) is 5.06. The molecule has 1 N–H and O–H groups in total. The number of halogens is 1. The van der Waals surface area contributed by atoms with Crippen molar-refractivity contribution < 1.29 is 14.6 Å². The highest BCUT2D eigenvalue weighted by Crippen LogP contribution is 2.29. The summed E-state index contributed by atoms with van der Waals surface area (Å²) in [4.78, 5) is 0. The van der Waals surface area contributed by atoms with Gasteiger partial charge in [-0.1, -0.05) is 0 Å². The fourth-order valence-corrected chi connectivity index (χ4v) is 1.61. The molecule has 0 radical (unpaired) electrons. The molecule has 0 saturated carbocycles.